The van der Waals surface area contributed by atoms with Gasteiger partial charge in [0.05, 0.1) is 17.4 Å². The van der Waals surface area contributed by atoms with Gasteiger partial charge in [-0.15, -0.1) is 0 Å². The molecule has 5 rings (SSSR count). The molecule has 1 atom stereocenters. The van der Waals surface area contributed by atoms with Crippen LogP contribution in [0.4, 0.5) is 24.7 Å². The third-order valence-electron chi connectivity index (χ3n) is 6.16. The molecule has 2 aliphatic heterocycles. The normalized spacial score (nSPS) is 19.7. The second-order valence-corrected chi connectivity index (χ2v) is 8.41. The van der Waals surface area contributed by atoms with Crippen LogP contribution in [0.3, 0.4) is 0 Å². The van der Waals surface area contributed by atoms with Crippen molar-refractivity contribution in [1.82, 2.24) is 9.78 Å². The number of carbonyl (C=O) groups excluding carboxylic acids is 2. The molecule has 0 saturated carbocycles. The fourth-order valence-corrected chi connectivity index (χ4v) is 4.46. The second-order valence-electron chi connectivity index (χ2n) is 8.41. The summed E-state index contributed by atoms with van der Waals surface area (Å²) in [6, 6.07) is 10.2. The zero-order valence-electron chi connectivity index (χ0n) is 17.2. The maximum absolute atomic E-state index is 13.2. The van der Waals surface area contributed by atoms with Crippen LogP contribution in [-0.4, -0.2) is 21.6 Å². The Morgan fingerprint density at radius 1 is 1.03 bits per heavy atom. The van der Waals surface area contributed by atoms with Gasteiger partial charge in [0.1, 0.15) is 11.2 Å². The predicted molar refractivity (Wildman–Crippen MR) is 112 cm³/mol. The molecule has 1 aromatic heterocycles. The van der Waals surface area contributed by atoms with Crippen LogP contribution in [0.15, 0.2) is 48.7 Å². The molecule has 3 heterocycles. The van der Waals surface area contributed by atoms with Gasteiger partial charge in [0, 0.05) is 17.7 Å². The van der Waals surface area contributed by atoms with Crippen molar-refractivity contribution in [3.8, 4) is 5.69 Å². The molecule has 6 nitrogen and oxygen atoms in total. The van der Waals surface area contributed by atoms with Crippen molar-refractivity contribution < 1.29 is 22.8 Å². The van der Waals surface area contributed by atoms with Crippen LogP contribution in [0.1, 0.15) is 48.4 Å². The van der Waals surface area contributed by atoms with Crippen LogP contribution in [0, 0.1) is 0 Å². The summed E-state index contributed by atoms with van der Waals surface area (Å²) in [7, 11) is 0. The monoisotopic (exact) mass is 440 g/mol. The molecule has 0 fully saturated rings. The van der Waals surface area contributed by atoms with Gasteiger partial charge in [-0.1, -0.05) is 26.0 Å². The van der Waals surface area contributed by atoms with Gasteiger partial charge in [0.25, 0.3) is 0 Å². The highest BCUT2D eigenvalue weighted by Crippen LogP contribution is 2.50. The molecule has 0 bridgehead atoms. The van der Waals surface area contributed by atoms with Crippen molar-refractivity contribution in [1.29, 1.82) is 0 Å². The third-order valence-corrected chi connectivity index (χ3v) is 6.16. The minimum Gasteiger partial charge on any atom is -0.325 e. The Labute approximate surface area is 181 Å². The van der Waals surface area contributed by atoms with Crippen molar-refractivity contribution in [2.24, 2.45) is 0 Å². The van der Waals surface area contributed by atoms with Crippen LogP contribution in [0.2, 0.25) is 0 Å². The van der Waals surface area contributed by atoms with Crippen LogP contribution < -0.4 is 10.6 Å². The zero-order chi connectivity index (χ0) is 22.8. The van der Waals surface area contributed by atoms with E-state index in [1.54, 1.807) is 0 Å². The molecule has 0 aliphatic carbocycles. The lowest BCUT2D eigenvalue weighted by Crippen LogP contribution is -2.43. The van der Waals surface area contributed by atoms with Crippen molar-refractivity contribution in [2.45, 2.75) is 37.8 Å². The first-order valence-corrected chi connectivity index (χ1v) is 10.1. The quantitative estimate of drug-likeness (QED) is 0.612. The van der Waals surface area contributed by atoms with E-state index in [4.69, 9.17) is 0 Å². The molecule has 0 unspecified atom stereocenters. The summed E-state index contributed by atoms with van der Waals surface area (Å²) < 4.78 is 40.2. The predicted octanol–water partition coefficient (Wildman–Crippen LogP) is 4.59. The SMILES string of the molecule is CC(C)c1ccc2c(c1)[C@]1(CC(=O)Nc3c1cnn3-c1ccc(C(F)(F)F)cc1)C(=O)N2. The van der Waals surface area contributed by atoms with Gasteiger partial charge < -0.3 is 10.6 Å². The average Bonchev–Trinajstić information content (AvgIpc) is 3.27. The largest absolute Gasteiger partial charge is 0.416 e. The molecule has 2 aromatic carbocycles. The van der Waals surface area contributed by atoms with E-state index >= 15 is 0 Å². The number of nitrogens with one attached hydrogen (secondary N) is 2. The Kier molecular flexibility index (Phi) is 4.24. The molecular formula is C23H19F3N4O2. The smallest absolute Gasteiger partial charge is 0.325 e. The number of benzene rings is 2. The molecule has 2 N–H and O–H groups in total. The molecule has 0 saturated heterocycles. The standard InChI is InChI=1S/C23H19F3N4O2/c1-12(2)13-3-8-18-16(9-13)22(21(32)28-18)10-19(31)29-20-17(22)11-27-30(20)15-6-4-14(5-7-15)23(24,25)26/h3-9,11-12H,10H2,1-2H3,(H,28,32)(H,29,31)/t22-/m0/s1. The topological polar surface area (TPSA) is 76.0 Å². The Balaban J connectivity index is 1.67. The van der Waals surface area contributed by atoms with E-state index in [1.165, 1.54) is 23.0 Å². The van der Waals surface area contributed by atoms with E-state index in [1.807, 2.05) is 32.0 Å². The van der Waals surface area contributed by atoms with Crippen LogP contribution in [0.5, 0.6) is 0 Å². The maximum atomic E-state index is 13.2. The molecule has 9 heteroatoms. The number of fused-ring (bicyclic) bond motifs is 4. The summed E-state index contributed by atoms with van der Waals surface area (Å²) in [6.07, 6.45) is -3.04. The van der Waals surface area contributed by atoms with Crippen molar-refractivity contribution in [3.63, 3.8) is 0 Å². The summed E-state index contributed by atoms with van der Waals surface area (Å²) >= 11 is 0. The summed E-state index contributed by atoms with van der Waals surface area (Å²) in [5.41, 5.74) is 1.19. The van der Waals surface area contributed by atoms with E-state index < -0.39 is 17.2 Å². The Hall–Kier alpha value is -3.62. The van der Waals surface area contributed by atoms with Crippen LogP contribution >= 0.6 is 0 Å². The number of rotatable bonds is 2. The average molecular weight is 440 g/mol. The van der Waals surface area contributed by atoms with E-state index in [9.17, 15) is 22.8 Å². The molecule has 3 aromatic rings. The number of amides is 2. The van der Waals surface area contributed by atoms with Crippen LogP contribution in [-0.2, 0) is 21.2 Å². The Morgan fingerprint density at radius 2 is 1.75 bits per heavy atom. The van der Waals surface area contributed by atoms with E-state index in [0.717, 1.165) is 17.7 Å². The van der Waals surface area contributed by atoms with Gasteiger partial charge in [-0.05, 0) is 47.4 Å². The number of alkyl halides is 3. The number of carbonyl (C=O) groups is 2. The molecule has 2 amide bonds. The van der Waals surface area contributed by atoms with E-state index in [2.05, 4.69) is 15.7 Å². The van der Waals surface area contributed by atoms with Gasteiger partial charge >= 0.3 is 6.18 Å². The van der Waals surface area contributed by atoms with Crippen molar-refractivity contribution in [3.05, 3.63) is 70.9 Å². The summed E-state index contributed by atoms with van der Waals surface area (Å²) in [6.45, 7) is 4.08. The lowest BCUT2D eigenvalue weighted by molar-refractivity contribution is -0.137. The lowest BCUT2D eigenvalue weighted by atomic mass is 9.71. The van der Waals surface area contributed by atoms with E-state index in [-0.39, 0.29) is 30.0 Å². The van der Waals surface area contributed by atoms with Crippen LogP contribution in [0.25, 0.3) is 5.69 Å². The zero-order valence-corrected chi connectivity index (χ0v) is 17.2. The fourth-order valence-electron chi connectivity index (χ4n) is 4.46. The first-order valence-electron chi connectivity index (χ1n) is 10.1. The lowest BCUT2D eigenvalue weighted by Gasteiger charge is -2.32. The summed E-state index contributed by atoms with van der Waals surface area (Å²) in [4.78, 5) is 26.0. The maximum Gasteiger partial charge on any atom is 0.416 e. The molecular weight excluding hydrogens is 421 g/mol. The molecule has 2 aliphatic rings. The molecule has 32 heavy (non-hydrogen) atoms. The van der Waals surface area contributed by atoms with Crippen molar-refractivity contribution in [2.75, 3.05) is 10.6 Å². The Bertz CT molecular complexity index is 1260. The number of aromatic nitrogens is 2. The van der Waals surface area contributed by atoms with Gasteiger partial charge in [0.15, 0.2) is 0 Å². The van der Waals surface area contributed by atoms with Gasteiger partial charge in [-0.2, -0.15) is 18.3 Å². The highest BCUT2D eigenvalue weighted by atomic mass is 19.4. The fraction of sp³-hybridized carbons (Fsp3) is 0.261. The minimum atomic E-state index is -4.46. The summed E-state index contributed by atoms with van der Waals surface area (Å²) in [5.74, 6) is -0.195. The van der Waals surface area contributed by atoms with Crippen molar-refractivity contribution >= 4 is 23.3 Å². The third kappa shape index (κ3) is 2.84. The highest BCUT2D eigenvalue weighted by molar-refractivity contribution is 6.14. The van der Waals surface area contributed by atoms with Gasteiger partial charge in [0.2, 0.25) is 11.8 Å². The van der Waals surface area contributed by atoms with Gasteiger partial charge in [-0.3, -0.25) is 9.59 Å². The minimum absolute atomic E-state index is 0.0842. The first kappa shape index (κ1) is 20.3. The molecule has 1 spiro atoms. The molecule has 164 valence electrons. The number of hydrogen-bond donors (Lipinski definition) is 2. The molecule has 0 radical (unpaired) electrons. The highest BCUT2D eigenvalue weighted by Gasteiger charge is 2.54. The van der Waals surface area contributed by atoms with Gasteiger partial charge in [-0.25, -0.2) is 4.68 Å². The second kappa shape index (κ2) is 6.69. The number of halogens is 3. The van der Waals surface area contributed by atoms with E-state index in [0.29, 0.717) is 22.5 Å². The number of nitrogens with zero attached hydrogens (tertiary/aromatic N) is 2. The summed E-state index contributed by atoms with van der Waals surface area (Å²) in [5, 5.41) is 9.95. The first-order chi connectivity index (χ1) is 15.1. The Morgan fingerprint density at radius 3 is 2.41 bits per heavy atom. The number of anilines is 2. The number of hydrogen-bond acceptors (Lipinski definition) is 3.